The summed E-state index contributed by atoms with van der Waals surface area (Å²) in [5.74, 6) is -0.460. The Balaban J connectivity index is 4.22. The molecule has 0 spiro atoms. The van der Waals surface area contributed by atoms with Crippen molar-refractivity contribution in [1.82, 2.24) is 5.32 Å². The molecule has 0 radical (unpaired) electrons. The summed E-state index contributed by atoms with van der Waals surface area (Å²) in [6, 6.07) is -1.00. The van der Waals surface area contributed by atoms with Crippen molar-refractivity contribution in [2.75, 3.05) is 19.8 Å². The fourth-order valence-corrected chi connectivity index (χ4v) is 6.97. The molecule has 0 aliphatic rings. The zero-order chi connectivity index (χ0) is 39.1. The Hall–Kier alpha value is -1.32. The third-order valence-corrected chi connectivity index (χ3v) is 10.5. The minimum Gasteiger partial charge on any atom is -0.393 e. The largest absolute Gasteiger partial charge is 0.472 e. The maximum atomic E-state index is 12.8. The van der Waals surface area contributed by atoms with Gasteiger partial charge in [0.2, 0.25) is 5.91 Å². The molecule has 0 fully saturated rings. The van der Waals surface area contributed by atoms with Gasteiger partial charge in [0.25, 0.3) is 0 Å². The number of allylic oxidation sites excluding steroid dienone is 5. The van der Waals surface area contributed by atoms with Crippen molar-refractivity contribution < 1.29 is 33.5 Å². The third kappa shape index (κ3) is 37.4. The lowest BCUT2D eigenvalue weighted by molar-refractivity contribution is -0.124. The van der Waals surface area contributed by atoms with Crippen LogP contribution in [0, 0.1) is 0 Å². The van der Waals surface area contributed by atoms with Gasteiger partial charge in [0.05, 0.1) is 37.9 Å². The lowest BCUT2D eigenvalue weighted by Crippen LogP contribution is -2.46. The number of aliphatic hydroxyl groups excluding tert-OH is 2. The molecule has 9 nitrogen and oxygen atoms in total. The summed E-state index contributed by atoms with van der Waals surface area (Å²) >= 11 is 0. The van der Waals surface area contributed by atoms with E-state index >= 15 is 0 Å². The van der Waals surface area contributed by atoms with E-state index in [9.17, 15) is 24.5 Å². The molecule has 0 rings (SSSR count). The number of aliphatic hydroxyl groups is 2. The highest BCUT2D eigenvalue weighted by atomic mass is 31.2. The molecule has 0 saturated heterocycles. The van der Waals surface area contributed by atoms with Gasteiger partial charge in [-0.2, -0.15) is 0 Å². The maximum absolute atomic E-state index is 12.8. The van der Waals surface area contributed by atoms with E-state index in [1.807, 2.05) is 6.08 Å². The topological polar surface area (TPSA) is 151 Å². The minimum absolute atomic E-state index is 0.0425. The first-order valence-corrected chi connectivity index (χ1v) is 23.2. The maximum Gasteiger partial charge on any atom is 0.472 e. The van der Waals surface area contributed by atoms with Crippen molar-refractivity contribution in [2.24, 2.45) is 5.73 Å². The number of rotatable bonds is 40. The number of amides is 1. The van der Waals surface area contributed by atoms with Crippen LogP contribution in [0.3, 0.4) is 0 Å². The van der Waals surface area contributed by atoms with E-state index in [0.29, 0.717) is 12.8 Å². The number of phosphoric acid groups is 1. The van der Waals surface area contributed by atoms with Crippen molar-refractivity contribution in [3.63, 3.8) is 0 Å². The molecule has 0 aliphatic heterocycles. The molecule has 0 aromatic carbocycles. The van der Waals surface area contributed by atoms with Crippen LogP contribution in [-0.4, -0.2) is 59.0 Å². The molecule has 1 amide bonds. The Morgan fingerprint density at radius 1 is 0.642 bits per heavy atom. The van der Waals surface area contributed by atoms with Crippen LogP contribution in [-0.2, 0) is 18.4 Å². The first-order chi connectivity index (χ1) is 25.8. The Bertz CT molecular complexity index is 946. The average molecular weight is 771 g/mol. The second kappa shape index (κ2) is 38.9. The van der Waals surface area contributed by atoms with Crippen LogP contribution in [0.2, 0.25) is 0 Å². The molecule has 0 bridgehead atoms. The number of hydrogen-bond donors (Lipinski definition) is 5. The molecule has 0 aliphatic carbocycles. The highest BCUT2D eigenvalue weighted by molar-refractivity contribution is 7.47. The molecular weight excluding hydrogens is 687 g/mol. The fraction of sp³-hybridized carbons (Fsp3) is 0.837. The molecule has 0 heterocycles. The zero-order valence-corrected chi connectivity index (χ0v) is 35.0. The Labute approximate surface area is 325 Å². The van der Waals surface area contributed by atoms with E-state index in [4.69, 9.17) is 14.8 Å². The van der Waals surface area contributed by atoms with E-state index in [2.05, 4.69) is 43.5 Å². The van der Waals surface area contributed by atoms with Crippen LogP contribution in [0.15, 0.2) is 36.5 Å². The standard InChI is InChI=1S/C43H83N2O7P/c1-3-5-7-9-11-13-15-16-17-18-19-20-21-22-23-25-26-28-30-32-34-40(46)38-43(48)45-41(39-52-53(49,50)51-37-36-44)42(47)35-33-31-29-27-24-14-12-10-8-6-4-2/h8,10,24,27,33,35,40-42,46-47H,3-7,9,11-23,25-26,28-32,34,36-39,44H2,1-2H3,(H,45,48)(H,49,50)/b10-8+,27-24+,35-33+. The first kappa shape index (κ1) is 51.7. The third-order valence-electron chi connectivity index (χ3n) is 9.48. The van der Waals surface area contributed by atoms with Crippen LogP contribution in [0.25, 0.3) is 0 Å². The predicted molar refractivity (Wildman–Crippen MR) is 223 cm³/mol. The van der Waals surface area contributed by atoms with Gasteiger partial charge in [0.1, 0.15) is 0 Å². The Kier molecular flexibility index (Phi) is 38.0. The molecule has 6 N–H and O–H groups in total. The molecule has 0 aromatic heterocycles. The number of nitrogens with two attached hydrogens (primary N) is 1. The van der Waals surface area contributed by atoms with Gasteiger partial charge in [-0.1, -0.05) is 185 Å². The molecular formula is C43H83N2O7P. The van der Waals surface area contributed by atoms with Gasteiger partial charge in [-0.15, -0.1) is 0 Å². The van der Waals surface area contributed by atoms with Gasteiger partial charge < -0.3 is 26.2 Å². The summed E-state index contributed by atoms with van der Waals surface area (Å²) in [5, 5.41) is 24.0. The summed E-state index contributed by atoms with van der Waals surface area (Å²) in [5.41, 5.74) is 5.35. The number of carbonyl (C=O) groups excluding carboxylic acids is 1. The van der Waals surface area contributed by atoms with E-state index in [1.54, 1.807) is 6.08 Å². The van der Waals surface area contributed by atoms with Crippen LogP contribution in [0.1, 0.15) is 194 Å². The summed E-state index contributed by atoms with van der Waals surface area (Å²) in [7, 11) is -4.40. The van der Waals surface area contributed by atoms with Crippen molar-refractivity contribution in [3.05, 3.63) is 36.5 Å². The number of hydrogen-bond acceptors (Lipinski definition) is 7. The van der Waals surface area contributed by atoms with Crippen LogP contribution in [0.4, 0.5) is 0 Å². The summed E-state index contributed by atoms with van der Waals surface area (Å²) in [4.78, 5) is 22.7. The van der Waals surface area contributed by atoms with Crippen LogP contribution >= 0.6 is 7.82 Å². The van der Waals surface area contributed by atoms with Gasteiger partial charge >= 0.3 is 7.82 Å². The van der Waals surface area contributed by atoms with E-state index in [0.717, 1.165) is 51.4 Å². The van der Waals surface area contributed by atoms with Gasteiger partial charge in [-0.3, -0.25) is 13.8 Å². The lowest BCUT2D eigenvalue weighted by Gasteiger charge is -2.24. The quantitative estimate of drug-likeness (QED) is 0.0235. The predicted octanol–water partition coefficient (Wildman–Crippen LogP) is 10.9. The molecule has 53 heavy (non-hydrogen) atoms. The zero-order valence-electron chi connectivity index (χ0n) is 34.1. The molecule has 0 aromatic rings. The smallest absolute Gasteiger partial charge is 0.393 e. The molecule has 312 valence electrons. The highest BCUT2D eigenvalue weighted by Gasteiger charge is 2.27. The van der Waals surface area contributed by atoms with E-state index in [1.165, 1.54) is 109 Å². The normalized spacial score (nSPS) is 15.1. The van der Waals surface area contributed by atoms with Gasteiger partial charge in [0, 0.05) is 6.54 Å². The van der Waals surface area contributed by atoms with Crippen molar-refractivity contribution >= 4 is 13.7 Å². The Morgan fingerprint density at radius 2 is 1.08 bits per heavy atom. The molecule has 4 unspecified atom stereocenters. The SMILES string of the molecule is CCC/C=C/CC/C=C/CC/C=C/C(O)C(COP(=O)(O)OCCN)NC(=O)CC(O)CCCCCCCCCCCCCCCCCCCCCC. The second-order valence-electron chi connectivity index (χ2n) is 14.7. The average Bonchev–Trinajstić information content (AvgIpc) is 3.13. The molecule has 4 atom stereocenters. The summed E-state index contributed by atoms with van der Waals surface area (Å²) in [6.45, 7) is 3.87. The number of unbranched alkanes of at least 4 members (excludes halogenated alkanes) is 22. The van der Waals surface area contributed by atoms with Crippen molar-refractivity contribution in [3.8, 4) is 0 Å². The Morgan fingerprint density at radius 3 is 1.53 bits per heavy atom. The molecule has 10 heteroatoms. The second-order valence-corrected chi connectivity index (χ2v) is 16.2. The van der Waals surface area contributed by atoms with Gasteiger partial charge in [-0.25, -0.2) is 4.57 Å². The first-order valence-electron chi connectivity index (χ1n) is 21.7. The van der Waals surface area contributed by atoms with Crippen LogP contribution in [0.5, 0.6) is 0 Å². The highest BCUT2D eigenvalue weighted by Crippen LogP contribution is 2.43. The van der Waals surface area contributed by atoms with E-state index in [-0.39, 0.29) is 19.6 Å². The number of carbonyl (C=O) groups is 1. The van der Waals surface area contributed by atoms with Gasteiger partial charge in [-0.05, 0) is 38.5 Å². The number of nitrogens with one attached hydrogen (secondary N) is 1. The molecule has 0 saturated carbocycles. The summed E-state index contributed by atoms with van der Waals surface area (Å²) < 4.78 is 22.0. The monoisotopic (exact) mass is 771 g/mol. The van der Waals surface area contributed by atoms with E-state index < -0.39 is 38.6 Å². The lowest BCUT2D eigenvalue weighted by atomic mass is 10.0. The minimum atomic E-state index is -4.40. The van der Waals surface area contributed by atoms with Crippen molar-refractivity contribution in [1.29, 1.82) is 0 Å². The fourth-order valence-electron chi connectivity index (χ4n) is 6.22. The summed E-state index contributed by atoms with van der Waals surface area (Å²) in [6.07, 6.45) is 42.5. The van der Waals surface area contributed by atoms with Crippen molar-refractivity contribution in [2.45, 2.75) is 212 Å². The van der Waals surface area contributed by atoms with Crippen LogP contribution < -0.4 is 11.1 Å². The number of phosphoric ester groups is 1. The van der Waals surface area contributed by atoms with Gasteiger partial charge in [0.15, 0.2) is 0 Å².